The molecule has 1 N–H and O–H groups in total. The predicted octanol–water partition coefficient (Wildman–Crippen LogP) is 4.60. The van der Waals surface area contributed by atoms with Crippen LogP contribution in [0.2, 0.25) is 0 Å². The number of nitrogens with one attached hydrogen (secondary N) is 1. The van der Waals surface area contributed by atoms with Crippen molar-refractivity contribution in [2.75, 3.05) is 18.1 Å². The van der Waals surface area contributed by atoms with Crippen LogP contribution in [0.25, 0.3) is 10.9 Å². The van der Waals surface area contributed by atoms with Crippen LogP contribution in [0.15, 0.2) is 48.5 Å². The van der Waals surface area contributed by atoms with Crippen molar-refractivity contribution < 1.29 is 19.1 Å². The van der Waals surface area contributed by atoms with Gasteiger partial charge in [-0.25, -0.2) is 0 Å². The zero-order valence-corrected chi connectivity index (χ0v) is 18.8. The third kappa shape index (κ3) is 3.94. The van der Waals surface area contributed by atoms with Crippen molar-refractivity contribution >= 4 is 34.3 Å². The fourth-order valence-electron chi connectivity index (χ4n) is 5.43. The summed E-state index contributed by atoms with van der Waals surface area (Å²) in [7, 11) is 0. The molecule has 1 aliphatic carbocycles. The highest BCUT2D eigenvalue weighted by Crippen LogP contribution is 2.36. The molecule has 1 amide bonds. The van der Waals surface area contributed by atoms with Crippen molar-refractivity contribution in [2.45, 2.75) is 39.0 Å². The summed E-state index contributed by atoms with van der Waals surface area (Å²) in [5, 5.41) is 0.828. The number of Topliss-reactive ketones (excluding diaryl/α,β-unsaturated/α-hetero) is 1. The number of nitrogens with zero attached hydrogens (tertiary/aromatic N) is 1. The van der Waals surface area contributed by atoms with Crippen LogP contribution in [0.3, 0.4) is 0 Å². The van der Waals surface area contributed by atoms with E-state index >= 15 is 0 Å². The van der Waals surface area contributed by atoms with Crippen LogP contribution < -0.4 is 4.90 Å². The van der Waals surface area contributed by atoms with Gasteiger partial charge in [0.1, 0.15) is 0 Å². The van der Waals surface area contributed by atoms with Crippen molar-refractivity contribution in [3.05, 3.63) is 65.4 Å². The number of anilines is 1. The SMILES string of the molecule is Cc1[nH]c2ccccc2c1C(=O)COC(=O)[C@@H]1CCCC[C@H]1C(=O)N1CCc2ccccc21. The van der Waals surface area contributed by atoms with E-state index in [1.165, 1.54) is 5.56 Å². The predicted molar refractivity (Wildman–Crippen MR) is 126 cm³/mol. The fraction of sp³-hybridized carbons (Fsp3) is 0.370. The lowest BCUT2D eigenvalue weighted by molar-refractivity contribution is -0.153. The van der Waals surface area contributed by atoms with Gasteiger partial charge in [0, 0.05) is 34.4 Å². The van der Waals surface area contributed by atoms with Crippen molar-refractivity contribution in [3.63, 3.8) is 0 Å². The molecule has 1 saturated carbocycles. The van der Waals surface area contributed by atoms with E-state index in [0.29, 0.717) is 24.9 Å². The van der Waals surface area contributed by atoms with Crippen LogP contribution in [0, 0.1) is 18.8 Å². The molecule has 3 aromatic rings. The minimum atomic E-state index is -0.504. The Morgan fingerprint density at radius 3 is 2.58 bits per heavy atom. The summed E-state index contributed by atoms with van der Waals surface area (Å²) in [4.78, 5) is 44.4. The van der Waals surface area contributed by atoms with Gasteiger partial charge >= 0.3 is 5.97 Å². The maximum absolute atomic E-state index is 13.4. The van der Waals surface area contributed by atoms with Crippen LogP contribution in [0.5, 0.6) is 0 Å². The zero-order valence-electron chi connectivity index (χ0n) is 18.8. The number of aromatic amines is 1. The summed E-state index contributed by atoms with van der Waals surface area (Å²) in [6, 6.07) is 15.5. The van der Waals surface area contributed by atoms with E-state index < -0.39 is 17.8 Å². The molecule has 5 rings (SSSR count). The highest BCUT2D eigenvalue weighted by Gasteiger charge is 2.40. The monoisotopic (exact) mass is 444 g/mol. The molecule has 0 bridgehead atoms. The number of ketones is 1. The Morgan fingerprint density at radius 1 is 1.00 bits per heavy atom. The standard InChI is InChI=1S/C27H28N2O4/c1-17-25(21-11-5-6-12-22(21)28-17)24(30)16-33-27(32)20-10-4-3-9-19(20)26(31)29-15-14-18-8-2-7-13-23(18)29/h2,5-8,11-13,19-20,28H,3-4,9-10,14-16H2,1H3/t19-,20-/m1/s1. The first-order valence-corrected chi connectivity index (χ1v) is 11.7. The average Bonchev–Trinajstić information content (AvgIpc) is 3.42. The molecule has 2 heterocycles. The molecule has 2 atom stereocenters. The Hall–Kier alpha value is -3.41. The van der Waals surface area contributed by atoms with Crippen LogP contribution >= 0.6 is 0 Å². The van der Waals surface area contributed by atoms with E-state index in [2.05, 4.69) is 4.98 Å². The Balaban J connectivity index is 1.29. The zero-order chi connectivity index (χ0) is 22.9. The molecule has 2 aliphatic rings. The van der Waals surface area contributed by atoms with Crippen LogP contribution in [0.4, 0.5) is 5.69 Å². The van der Waals surface area contributed by atoms with Crippen molar-refractivity contribution in [1.29, 1.82) is 0 Å². The maximum Gasteiger partial charge on any atom is 0.310 e. The van der Waals surface area contributed by atoms with Crippen molar-refractivity contribution in [2.24, 2.45) is 11.8 Å². The van der Waals surface area contributed by atoms with Crippen molar-refractivity contribution in [3.8, 4) is 0 Å². The van der Waals surface area contributed by atoms with E-state index in [1.54, 1.807) is 0 Å². The summed E-state index contributed by atoms with van der Waals surface area (Å²) in [6.45, 7) is 2.18. The number of carbonyl (C=O) groups is 3. The lowest BCUT2D eigenvalue weighted by Crippen LogP contribution is -2.42. The van der Waals surface area contributed by atoms with Gasteiger partial charge in [0.25, 0.3) is 0 Å². The number of amides is 1. The molecule has 2 aromatic carbocycles. The minimum absolute atomic E-state index is 0.000370. The summed E-state index contributed by atoms with van der Waals surface area (Å²) < 4.78 is 5.51. The number of hydrogen-bond acceptors (Lipinski definition) is 4. The highest BCUT2D eigenvalue weighted by molar-refractivity contribution is 6.10. The number of rotatable bonds is 5. The summed E-state index contributed by atoms with van der Waals surface area (Å²) in [6.07, 6.45) is 3.93. The van der Waals surface area contributed by atoms with E-state index in [-0.39, 0.29) is 18.3 Å². The number of aryl methyl sites for hydroxylation is 1. The molecule has 33 heavy (non-hydrogen) atoms. The maximum atomic E-state index is 13.4. The molecule has 170 valence electrons. The van der Waals surface area contributed by atoms with Gasteiger partial charge in [0.05, 0.1) is 11.8 Å². The van der Waals surface area contributed by atoms with Gasteiger partial charge in [-0.15, -0.1) is 0 Å². The number of H-pyrrole nitrogens is 1. The molecule has 6 nitrogen and oxygen atoms in total. The van der Waals surface area contributed by atoms with Crippen LogP contribution in [-0.2, 0) is 20.7 Å². The number of para-hydroxylation sites is 2. The van der Waals surface area contributed by atoms with Gasteiger partial charge in [-0.05, 0) is 43.9 Å². The van der Waals surface area contributed by atoms with Crippen LogP contribution in [-0.4, -0.2) is 35.8 Å². The molecule has 0 saturated heterocycles. The number of benzene rings is 2. The molecule has 1 aliphatic heterocycles. The number of fused-ring (bicyclic) bond motifs is 2. The quantitative estimate of drug-likeness (QED) is 0.461. The van der Waals surface area contributed by atoms with E-state index in [9.17, 15) is 14.4 Å². The second-order valence-corrected chi connectivity index (χ2v) is 9.07. The molecule has 0 radical (unpaired) electrons. The third-order valence-electron chi connectivity index (χ3n) is 7.06. The van der Waals surface area contributed by atoms with E-state index in [0.717, 1.165) is 41.5 Å². The first kappa shape index (κ1) is 21.4. The summed E-state index contributed by atoms with van der Waals surface area (Å²) >= 11 is 0. The Bertz CT molecular complexity index is 1230. The molecule has 0 unspecified atom stereocenters. The molecular formula is C27H28N2O4. The molecule has 1 aromatic heterocycles. The van der Waals surface area contributed by atoms with Gasteiger partial charge in [-0.2, -0.15) is 0 Å². The summed E-state index contributed by atoms with van der Waals surface area (Å²) in [5.74, 6) is -1.57. The second kappa shape index (κ2) is 8.85. The lowest BCUT2D eigenvalue weighted by Gasteiger charge is -2.32. The van der Waals surface area contributed by atoms with Gasteiger partial charge in [-0.1, -0.05) is 49.2 Å². The lowest BCUT2D eigenvalue weighted by atomic mass is 9.78. The van der Waals surface area contributed by atoms with Gasteiger partial charge in [0.2, 0.25) is 11.7 Å². The number of aromatic nitrogens is 1. The van der Waals surface area contributed by atoms with E-state index in [4.69, 9.17) is 4.74 Å². The number of esters is 1. The first-order chi connectivity index (χ1) is 16.0. The molecule has 6 heteroatoms. The normalized spacial score (nSPS) is 20.0. The molecule has 1 fully saturated rings. The third-order valence-corrected chi connectivity index (χ3v) is 7.06. The number of ether oxygens (including phenoxy) is 1. The highest BCUT2D eigenvalue weighted by atomic mass is 16.5. The van der Waals surface area contributed by atoms with Gasteiger partial charge in [-0.3, -0.25) is 14.4 Å². The topological polar surface area (TPSA) is 79.5 Å². The first-order valence-electron chi connectivity index (χ1n) is 11.7. The molecular weight excluding hydrogens is 416 g/mol. The van der Waals surface area contributed by atoms with E-state index in [1.807, 2.05) is 60.4 Å². The number of hydrogen-bond donors (Lipinski definition) is 1. The smallest absolute Gasteiger partial charge is 0.310 e. The molecule has 0 spiro atoms. The summed E-state index contributed by atoms with van der Waals surface area (Å²) in [5.41, 5.74) is 4.32. The van der Waals surface area contributed by atoms with Crippen LogP contribution in [0.1, 0.15) is 47.3 Å². The average molecular weight is 445 g/mol. The largest absolute Gasteiger partial charge is 0.457 e. The Kier molecular flexibility index (Phi) is 5.75. The van der Waals surface area contributed by atoms with Gasteiger partial charge < -0.3 is 14.6 Å². The second-order valence-electron chi connectivity index (χ2n) is 9.07. The fourth-order valence-corrected chi connectivity index (χ4v) is 5.43. The minimum Gasteiger partial charge on any atom is -0.457 e. The van der Waals surface area contributed by atoms with Crippen molar-refractivity contribution in [1.82, 2.24) is 4.98 Å². The Labute approximate surface area is 192 Å². The Morgan fingerprint density at radius 2 is 1.73 bits per heavy atom. The van der Waals surface area contributed by atoms with Gasteiger partial charge in [0.15, 0.2) is 6.61 Å². The number of carbonyl (C=O) groups excluding carboxylic acids is 3.